The second kappa shape index (κ2) is 7.89. The molecule has 2 unspecified atom stereocenters. The summed E-state index contributed by atoms with van der Waals surface area (Å²) in [6, 6.07) is 0. The molecule has 3 heteroatoms. The molecule has 0 bridgehead atoms. The van der Waals surface area contributed by atoms with Gasteiger partial charge in [-0.1, -0.05) is 12.8 Å². The van der Waals surface area contributed by atoms with E-state index in [9.17, 15) is 0 Å². The molecule has 0 amide bonds. The van der Waals surface area contributed by atoms with Crippen molar-refractivity contribution in [2.75, 3.05) is 18.1 Å². The largest absolute Gasteiger partial charge is 0.377 e. The summed E-state index contributed by atoms with van der Waals surface area (Å²) in [5.41, 5.74) is 0. The van der Waals surface area contributed by atoms with Crippen molar-refractivity contribution in [3.8, 4) is 0 Å². The highest BCUT2D eigenvalue weighted by Gasteiger charge is 2.23. The van der Waals surface area contributed by atoms with E-state index in [1.54, 1.807) is 0 Å². The van der Waals surface area contributed by atoms with Gasteiger partial charge in [-0.15, -0.1) is 0 Å². The average Bonchev–Trinajstić information content (AvgIpc) is 2.58. The summed E-state index contributed by atoms with van der Waals surface area (Å²) in [6.07, 6.45) is 7.09. The normalized spacial score (nSPS) is 27.0. The Kier molecular flexibility index (Phi) is 7.17. The van der Waals surface area contributed by atoms with E-state index in [-0.39, 0.29) is 0 Å². The molecule has 0 saturated carbocycles. The van der Waals surface area contributed by atoms with Crippen molar-refractivity contribution in [3.63, 3.8) is 0 Å². The fraction of sp³-hybridized carbons (Fsp3) is 1.00. The minimum Gasteiger partial charge on any atom is -0.377 e. The number of ether oxygens (including phenoxy) is 1. The maximum atomic E-state index is 5.53. The molecule has 0 aliphatic carbocycles. The Morgan fingerprint density at radius 3 is 2.71 bits per heavy atom. The van der Waals surface area contributed by atoms with Gasteiger partial charge in [-0.2, -0.15) is 24.4 Å². The predicted octanol–water partition coefficient (Wildman–Crippen LogP) is 3.39. The molecular formula is C11H22OS2. The molecule has 0 aromatic heterocycles. The molecule has 2 atom stereocenters. The van der Waals surface area contributed by atoms with E-state index < -0.39 is 0 Å². The van der Waals surface area contributed by atoms with Crippen molar-refractivity contribution in [1.29, 1.82) is 0 Å². The van der Waals surface area contributed by atoms with Crippen molar-refractivity contribution in [1.82, 2.24) is 0 Å². The molecule has 0 aromatic carbocycles. The lowest BCUT2D eigenvalue weighted by atomic mass is 10.2. The van der Waals surface area contributed by atoms with Gasteiger partial charge in [0.25, 0.3) is 0 Å². The Bertz CT molecular complexity index is 141. The van der Waals surface area contributed by atoms with Crippen LogP contribution in [-0.4, -0.2) is 29.5 Å². The van der Waals surface area contributed by atoms with Gasteiger partial charge in [0.15, 0.2) is 0 Å². The van der Waals surface area contributed by atoms with Crippen LogP contribution in [0.1, 0.15) is 39.0 Å². The fourth-order valence-corrected chi connectivity index (χ4v) is 3.24. The number of rotatable bonds is 7. The Balaban J connectivity index is 1.88. The summed E-state index contributed by atoms with van der Waals surface area (Å²) >= 11 is 6.31. The molecule has 0 N–H and O–H groups in total. The summed E-state index contributed by atoms with van der Waals surface area (Å²) in [6.45, 7) is 3.17. The van der Waals surface area contributed by atoms with Crippen LogP contribution >= 0.6 is 24.4 Å². The number of hydrogen-bond acceptors (Lipinski definition) is 3. The Morgan fingerprint density at radius 1 is 1.29 bits per heavy atom. The molecule has 84 valence electrons. The van der Waals surface area contributed by atoms with Gasteiger partial charge in [-0.3, -0.25) is 0 Å². The molecule has 0 aromatic rings. The number of unbranched alkanes of at least 4 members (excludes halogenated alkanes) is 3. The predicted molar refractivity (Wildman–Crippen MR) is 68.6 cm³/mol. The van der Waals surface area contributed by atoms with Crippen LogP contribution in [0.5, 0.6) is 0 Å². The van der Waals surface area contributed by atoms with Crippen molar-refractivity contribution in [2.24, 2.45) is 0 Å². The molecule has 0 spiro atoms. The van der Waals surface area contributed by atoms with E-state index in [2.05, 4.69) is 31.3 Å². The van der Waals surface area contributed by atoms with Crippen molar-refractivity contribution < 1.29 is 4.74 Å². The molecule has 1 aliphatic heterocycles. The minimum absolute atomic E-state index is 0.484. The third kappa shape index (κ3) is 4.94. The maximum absolute atomic E-state index is 5.53. The summed E-state index contributed by atoms with van der Waals surface area (Å²) < 4.78 is 5.53. The summed E-state index contributed by atoms with van der Waals surface area (Å²) in [4.78, 5) is 0. The number of hydrogen-bond donors (Lipinski definition) is 1. The first kappa shape index (κ1) is 12.7. The summed E-state index contributed by atoms with van der Waals surface area (Å²) in [7, 11) is 0. The van der Waals surface area contributed by atoms with E-state index in [0.717, 1.165) is 17.6 Å². The highest BCUT2D eigenvalue weighted by Crippen LogP contribution is 2.26. The molecule has 1 nitrogen and oxygen atoms in total. The van der Waals surface area contributed by atoms with Crippen LogP contribution in [0.3, 0.4) is 0 Å². The van der Waals surface area contributed by atoms with Gasteiger partial charge in [-0.05, 0) is 37.7 Å². The van der Waals surface area contributed by atoms with E-state index in [1.807, 2.05) is 0 Å². The zero-order valence-electron chi connectivity index (χ0n) is 9.08. The summed E-state index contributed by atoms with van der Waals surface area (Å²) in [5.74, 6) is 2.35. The first-order valence-electron chi connectivity index (χ1n) is 5.68. The number of thioether (sulfide) groups is 1. The molecule has 0 radical (unpaired) electrons. The average molecular weight is 234 g/mol. The van der Waals surface area contributed by atoms with Crippen LogP contribution in [0.4, 0.5) is 0 Å². The van der Waals surface area contributed by atoms with Gasteiger partial charge in [0.05, 0.1) is 6.10 Å². The van der Waals surface area contributed by atoms with Gasteiger partial charge >= 0.3 is 0 Å². The lowest BCUT2D eigenvalue weighted by Crippen LogP contribution is -2.13. The van der Waals surface area contributed by atoms with Gasteiger partial charge in [0, 0.05) is 11.9 Å². The maximum Gasteiger partial charge on any atom is 0.0666 e. The first-order valence-corrected chi connectivity index (χ1v) is 7.37. The van der Waals surface area contributed by atoms with Gasteiger partial charge in [0.1, 0.15) is 0 Å². The second-order valence-electron chi connectivity index (χ2n) is 3.91. The van der Waals surface area contributed by atoms with Crippen LogP contribution in [0.25, 0.3) is 0 Å². The van der Waals surface area contributed by atoms with E-state index in [1.165, 1.54) is 37.9 Å². The van der Waals surface area contributed by atoms with Crippen molar-refractivity contribution in [3.05, 3.63) is 0 Å². The highest BCUT2D eigenvalue weighted by molar-refractivity contribution is 7.99. The van der Waals surface area contributed by atoms with E-state index in [0.29, 0.717) is 6.10 Å². The molecule has 1 rings (SSSR count). The molecule has 1 saturated heterocycles. The second-order valence-corrected chi connectivity index (χ2v) is 5.71. The lowest BCUT2D eigenvalue weighted by molar-refractivity contribution is 0.127. The summed E-state index contributed by atoms with van der Waals surface area (Å²) in [5, 5.41) is 0.764. The molecule has 1 fully saturated rings. The SMILES string of the molecule is CC1OCCC1SCCCCCCS. The Morgan fingerprint density at radius 2 is 2.07 bits per heavy atom. The van der Waals surface area contributed by atoms with Crippen LogP contribution in [0.15, 0.2) is 0 Å². The van der Waals surface area contributed by atoms with Crippen LogP contribution in [0.2, 0.25) is 0 Å². The Hall–Kier alpha value is 0.660. The zero-order chi connectivity index (χ0) is 10.2. The van der Waals surface area contributed by atoms with Gasteiger partial charge < -0.3 is 4.74 Å². The smallest absolute Gasteiger partial charge is 0.0666 e. The van der Waals surface area contributed by atoms with Crippen LogP contribution < -0.4 is 0 Å². The monoisotopic (exact) mass is 234 g/mol. The zero-order valence-corrected chi connectivity index (χ0v) is 10.8. The highest BCUT2D eigenvalue weighted by atomic mass is 32.2. The van der Waals surface area contributed by atoms with Crippen molar-refractivity contribution in [2.45, 2.75) is 50.4 Å². The topological polar surface area (TPSA) is 9.23 Å². The van der Waals surface area contributed by atoms with Crippen LogP contribution in [-0.2, 0) is 4.74 Å². The molecule has 14 heavy (non-hydrogen) atoms. The number of thiol groups is 1. The standard InChI is InChI=1S/C11H22OS2/c1-10-11(6-7-12-10)14-9-5-3-2-4-8-13/h10-11,13H,2-9H2,1H3. The van der Waals surface area contributed by atoms with Crippen molar-refractivity contribution >= 4 is 24.4 Å². The third-order valence-corrected chi connectivity index (χ3v) is 4.58. The quantitative estimate of drug-likeness (QED) is 0.534. The van der Waals surface area contributed by atoms with E-state index >= 15 is 0 Å². The first-order chi connectivity index (χ1) is 6.84. The molecular weight excluding hydrogens is 212 g/mol. The van der Waals surface area contributed by atoms with Gasteiger partial charge in [-0.25, -0.2) is 0 Å². The minimum atomic E-state index is 0.484. The lowest BCUT2D eigenvalue weighted by Gasteiger charge is -2.12. The van der Waals surface area contributed by atoms with Gasteiger partial charge in [0.2, 0.25) is 0 Å². The van der Waals surface area contributed by atoms with E-state index in [4.69, 9.17) is 4.74 Å². The van der Waals surface area contributed by atoms with Crippen LogP contribution in [0, 0.1) is 0 Å². The Labute approximate surface area is 97.8 Å². The molecule has 1 aliphatic rings. The molecule has 1 heterocycles. The third-order valence-electron chi connectivity index (χ3n) is 2.69. The fourth-order valence-electron chi connectivity index (χ4n) is 1.73.